The first-order valence-corrected chi connectivity index (χ1v) is 8.22. The highest BCUT2D eigenvalue weighted by atomic mass is 16.4. The van der Waals surface area contributed by atoms with Crippen molar-refractivity contribution in [2.24, 2.45) is 11.7 Å². The molecule has 1 aliphatic heterocycles. The van der Waals surface area contributed by atoms with E-state index in [0.29, 0.717) is 24.2 Å². The van der Waals surface area contributed by atoms with Gasteiger partial charge >= 0.3 is 5.97 Å². The maximum atomic E-state index is 12.6. The summed E-state index contributed by atoms with van der Waals surface area (Å²) in [5.41, 5.74) is 6.66. The summed E-state index contributed by atoms with van der Waals surface area (Å²) in [6.45, 7) is 3.95. The van der Waals surface area contributed by atoms with Gasteiger partial charge in [0.15, 0.2) is 0 Å². The van der Waals surface area contributed by atoms with Gasteiger partial charge in [-0.15, -0.1) is 6.58 Å². The molecule has 0 aromatic heterocycles. The first kappa shape index (κ1) is 19.2. The molecule has 8 heteroatoms. The summed E-state index contributed by atoms with van der Waals surface area (Å²) >= 11 is 0. The molecule has 0 spiro atoms. The van der Waals surface area contributed by atoms with Crippen molar-refractivity contribution < 1.29 is 19.5 Å². The molecule has 2 rings (SSSR count). The topological polar surface area (TPSA) is 137 Å². The van der Waals surface area contributed by atoms with Crippen LogP contribution in [-0.2, 0) is 14.4 Å². The van der Waals surface area contributed by atoms with Gasteiger partial charge in [-0.25, -0.2) is 4.79 Å². The Balaban J connectivity index is 1.97. The number of nitrogens with two attached hydrogens (primary N) is 1. The zero-order valence-corrected chi connectivity index (χ0v) is 14.3. The van der Waals surface area contributed by atoms with Gasteiger partial charge in [0.1, 0.15) is 11.9 Å². The standard InChI is InChI=1S/C18H22N4O4/c1-2-3-14(18(25)26)21-15(23)10-12-8-9-22(17(12)24)13-6-4-11(5-7-13)16(19)20/h2,4-7,12,14H,1,3,8-10H2,(H3,19,20)(H,21,23)(H,25,26)/t12?,14-/m0/s1. The number of nitrogens with zero attached hydrogens (tertiary/aromatic N) is 1. The van der Waals surface area contributed by atoms with E-state index in [-0.39, 0.29) is 24.6 Å². The lowest BCUT2D eigenvalue weighted by atomic mass is 10.0. The summed E-state index contributed by atoms with van der Waals surface area (Å²) < 4.78 is 0. The molecule has 0 aliphatic carbocycles. The fourth-order valence-electron chi connectivity index (χ4n) is 2.87. The number of anilines is 1. The van der Waals surface area contributed by atoms with Gasteiger partial charge in [-0.3, -0.25) is 15.0 Å². The molecule has 1 aliphatic rings. The number of rotatable bonds is 8. The second kappa shape index (κ2) is 8.28. The van der Waals surface area contributed by atoms with Crippen LogP contribution in [0.3, 0.4) is 0 Å². The summed E-state index contributed by atoms with van der Waals surface area (Å²) in [6, 6.07) is 5.71. The highest BCUT2D eigenvalue weighted by molar-refractivity contribution is 6.00. The van der Waals surface area contributed by atoms with E-state index in [1.807, 2.05) is 0 Å². The lowest BCUT2D eigenvalue weighted by Crippen LogP contribution is -2.41. The number of amides is 2. The van der Waals surface area contributed by atoms with E-state index in [2.05, 4.69) is 11.9 Å². The Bertz CT molecular complexity index is 729. The number of nitrogen functional groups attached to an aromatic ring is 1. The molecule has 2 atom stereocenters. The monoisotopic (exact) mass is 358 g/mol. The zero-order chi connectivity index (χ0) is 19.3. The van der Waals surface area contributed by atoms with Gasteiger partial charge in [0.05, 0.1) is 0 Å². The number of carbonyl (C=O) groups is 3. The maximum absolute atomic E-state index is 12.6. The van der Waals surface area contributed by atoms with Crippen molar-refractivity contribution in [1.29, 1.82) is 5.41 Å². The zero-order valence-electron chi connectivity index (χ0n) is 14.3. The molecule has 5 N–H and O–H groups in total. The number of nitrogens with one attached hydrogen (secondary N) is 2. The number of amidine groups is 1. The van der Waals surface area contributed by atoms with Crippen LogP contribution in [0.2, 0.25) is 0 Å². The summed E-state index contributed by atoms with van der Waals surface area (Å²) in [5.74, 6) is -2.31. The molecule has 0 bridgehead atoms. The summed E-state index contributed by atoms with van der Waals surface area (Å²) in [5, 5.41) is 18.9. The van der Waals surface area contributed by atoms with Gasteiger partial charge in [0.25, 0.3) is 0 Å². The molecule has 1 aromatic carbocycles. The molecule has 1 aromatic rings. The van der Waals surface area contributed by atoms with Gasteiger partial charge in [0, 0.05) is 30.1 Å². The van der Waals surface area contributed by atoms with Gasteiger partial charge < -0.3 is 21.1 Å². The molecule has 1 heterocycles. The fraction of sp³-hybridized carbons (Fsp3) is 0.333. The van der Waals surface area contributed by atoms with Crippen LogP contribution in [-0.4, -0.2) is 41.3 Å². The quantitative estimate of drug-likeness (QED) is 0.310. The van der Waals surface area contributed by atoms with Crippen molar-refractivity contribution >= 4 is 29.3 Å². The van der Waals surface area contributed by atoms with E-state index in [1.54, 1.807) is 29.2 Å². The first-order valence-electron chi connectivity index (χ1n) is 8.22. The first-order chi connectivity index (χ1) is 12.3. The number of hydrogen-bond donors (Lipinski definition) is 4. The summed E-state index contributed by atoms with van der Waals surface area (Å²) in [4.78, 5) is 37.3. The van der Waals surface area contributed by atoms with E-state index in [4.69, 9.17) is 16.2 Å². The number of aliphatic carboxylic acids is 1. The van der Waals surface area contributed by atoms with E-state index < -0.39 is 23.8 Å². The van der Waals surface area contributed by atoms with Crippen LogP contribution < -0.4 is 16.0 Å². The SMILES string of the molecule is C=CC[C@H](NC(=O)CC1CCN(c2ccc(C(=N)N)cc2)C1=O)C(=O)O. The third-order valence-corrected chi connectivity index (χ3v) is 4.27. The average Bonchev–Trinajstić information content (AvgIpc) is 2.95. The van der Waals surface area contributed by atoms with Crippen molar-refractivity contribution in [2.75, 3.05) is 11.4 Å². The molecule has 1 fully saturated rings. The predicted molar refractivity (Wildman–Crippen MR) is 96.9 cm³/mol. The Kier molecular flexibility index (Phi) is 6.11. The lowest BCUT2D eigenvalue weighted by molar-refractivity contribution is -0.141. The molecule has 2 amide bonds. The van der Waals surface area contributed by atoms with E-state index >= 15 is 0 Å². The molecular weight excluding hydrogens is 336 g/mol. The van der Waals surface area contributed by atoms with Gasteiger partial charge in [0.2, 0.25) is 11.8 Å². The van der Waals surface area contributed by atoms with E-state index in [1.165, 1.54) is 6.08 Å². The normalized spacial score (nSPS) is 17.6. The van der Waals surface area contributed by atoms with Crippen LogP contribution in [0.15, 0.2) is 36.9 Å². The largest absolute Gasteiger partial charge is 0.480 e. The second-order valence-corrected chi connectivity index (χ2v) is 6.12. The van der Waals surface area contributed by atoms with E-state index in [9.17, 15) is 14.4 Å². The smallest absolute Gasteiger partial charge is 0.326 e. The number of hydrogen-bond acceptors (Lipinski definition) is 4. The van der Waals surface area contributed by atoms with Crippen LogP contribution in [0.1, 0.15) is 24.8 Å². The van der Waals surface area contributed by atoms with Crippen LogP contribution in [0, 0.1) is 11.3 Å². The number of benzene rings is 1. The fourth-order valence-corrected chi connectivity index (χ4v) is 2.87. The Morgan fingerprint density at radius 1 is 1.42 bits per heavy atom. The predicted octanol–water partition coefficient (Wildman–Crippen LogP) is 0.859. The van der Waals surface area contributed by atoms with Crippen molar-refractivity contribution in [3.05, 3.63) is 42.5 Å². The lowest BCUT2D eigenvalue weighted by Gasteiger charge is -2.18. The molecule has 8 nitrogen and oxygen atoms in total. The number of carbonyl (C=O) groups excluding carboxylic acids is 2. The minimum absolute atomic E-state index is 0.0497. The average molecular weight is 358 g/mol. The number of carboxylic acids is 1. The Labute approximate surface area is 151 Å². The summed E-state index contributed by atoms with van der Waals surface area (Å²) in [7, 11) is 0. The minimum Gasteiger partial charge on any atom is -0.480 e. The molecule has 138 valence electrons. The third kappa shape index (κ3) is 4.47. The molecule has 0 radical (unpaired) electrons. The number of carboxylic acid groups (broad SMARTS) is 1. The van der Waals surface area contributed by atoms with Crippen molar-refractivity contribution in [2.45, 2.75) is 25.3 Å². The van der Waals surface area contributed by atoms with Gasteiger partial charge in [-0.1, -0.05) is 6.08 Å². The van der Waals surface area contributed by atoms with Crippen LogP contribution in [0.25, 0.3) is 0 Å². The van der Waals surface area contributed by atoms with Crippen molar-refractivity contribution in [3.63, 3.8) is 0 Å². The molecule has 1 saturated heterocycles. The highest BCUT2D eigenvalue weighted by Gasteiger charge is 2.34. The van der Waals surface area contributed by atoms with Gasteiger partial charge in [-0.05, 0) is 37.1 Å². The molecule has 1 unspecified atom stereocenters. The summed E-state index contributed by atoms with van der Waals surface area (Å²) in [6.07, 6.45) is 2.00. The Morgan fingerprint density at radius 3 is 2.62 bits per heavy atom. The Hall–Kier alpha value is -3.16. The second-order valence-electron chi connectivity index (χ2n) is 6.12. The molecular formula is C18H22N4O4. The highest BCUT2D eigenvalue weighted by Crippen LogP contribution is 2.27. The van der Waals surface area contributed by atoms with Crippen LogP contribution in [0.5, 0.6) is 0 Å². The molecule has 26 heavy (non-hydrogen) atoms. The van der Waals surface area contributed by atoms with Crippen LogP contribution >= 0.6 is 0 Å². The van der Waals surface area contributed by atoms with Crippen molar-refractivity contribution in [1.82, 2.24) is 5.32 Å². The Morgan fingerprint density at radius 2 is 2.08 bits per heavy atom. The van der Waals surface area contributed by atoms with Gasteiger partial charge in [-0.2, -0.15) is 0 Å². The third-order valence-electron chi connectivity index (χ3n) is 4.27. The van der Waals surface area contributed by atoms with Crippen molar-refractivity contribution in [3.8, 4) is 0 Å². The molecule has 0 saturated carbocycles. The maximum Gasteiger partial charge on any atom is 0.326 e. The van der Waals surface area contributed by atoms with E-state index in [0.717, 1.165) is 0 Å². The van der Waals surface area contributed by atoms with Crippen LogP contribution in [0.4, 0.5) is 5.69 Å². The minimum atomic E-state index is -1.14.